The van der Waals surface area contributed by atoms with Gasteiger partial charge in [-0.1, -0.05) is 6.07 Å². The lowest BCUT2D eigenvalue weighted by Gasteiger charge is -2.09. The molecule has 2 aromatic heterocycles. The van der Waals surface area contributed by atoms with Gasteiger partial charge >= 0.3 is 0 Å². The summed E-state index contributed by atoms with van der Waals surface area (Å²) in [4.78, 5) is 20.2. The number of hydrogen-bond acceptors (Lipinski definition) is 5. The molecule has 140 valence electrons. The standard InChI is InChI=1S/C19H22N6O2/c1-12(2)25-19(21-11-22-25)15-10-24-7-8-27-16-9-13(4-6-17(20)26)3-5-14(16)18(24)23-15/h3,5,9-12H,4,6-8H2,1-2H3,(H2,20,26). The molecule has 4 rings (SSSR count). The van der Waals surface area contributed by atoms with Gasteiger partial charge in [0.05, 0.1) is 12.1 Å². The SMILES string of the molecule is CC(C)n1ncnc1-c1cn2c(n1)-c1ccc(CCC(N)=O)cc1OCC2. The monoisotopic (exact) mass is 366 g/mol. The van der Waals surface area contributed by atoms with Gasteiger partial charge in [0.15, 0.2) is 5.82 Å². The van der Waals surface area contributed by atoms with Crippen LogP contribution in [0.15, 0.2) is 30.7 Å². The van der Waals surface area contributed by atoms with Gasteiger partial charge in [-0.2, -0.15) is 5.10 Å². The minimum absolute atomic E-state index is 0.201. The summed E-state index contributed by atoms with van der Waals surface area (Å²) in [5, 5.41) is 4.30. The maximum atomic E-state index is 11.0. The number of aryl methyl sites for hydroxylation is 1. The van der Waals surface area contributed by atoms with Crippen LogP contribution < -0.4 is 10.5 Å². The molecule has 3 aromatic rings. The number of benzene rings is 1. The second kappa shape index (κ2) is 6.86. The molecule has 0 bridgehead atoms. The van der Waals surface area contributed by atoms with Crippen molar-refractivity contribution in [3.8, 4) is 28.7 Å². The molecule has 0 saturated heterocycles. The molecule has 1 aliphatic rings. The fourth-order valence-electron chi connectivity index (χ4n) is 3.27. The third-order valence-electron chi connectivity index (χ3n) is 4.60. The number of aromatic nitrogens is 5. The molecule has 8 nitrogen and oxygen atoms in total. The highest BCUT2D eigenvalue weighted by molar-refractivity contribution is 5.74. The second-order valence-electron chi connectivity index (χ2n) is 6.91. The fraction of sp³-hybridized carbons (Fsp3) is 0.368. The summed E-state index contributed by atoms with van der Waals surface area (Å²) in [6, 6.07) is 6.16. The van der Waals surface area contributed by atoms with Gasteiger partial charge in [-0.3, -0.25) is 4.79 Å². The third-order valence-corrected chi connectivity index (χ3v) is 4.60. The summed E-state index contributed by atoms with van der Waals surface area (Å²) in [6.45, 7) is 5.38. The zero-order valence-corrected chi connectivity index (χ0v) is 15.4. The molecule has 0 radical (unpaired) electrons. The number of imidazole rings is 1. The van der Waals surface area contributed by atoms with Crippen LogP contribution in [0.25, 0.3) is 22.9 Å². The van der Waals surface area contributed by atoms with Crippen LogP contribution in [0.2, 0.25) is 0 Å². The van der Waals surface area contributed by atoms with E-state index in [-0.39, 0.29) is 11.9 Å². The number of nitrogens with two attached hydrogens (primary N) is 1. The normalized spacial score (nSPS) is 13.0. The molecule has 1 aliphatic heterocycles. The quantitative estimate of drug-likeness (QED) is 0.746. The zero-order valence-electron chi connectivity index (χ0n) is 15.4. The van der Waals surface area contributed by atoms with Gasteiger partial charge in [-0.15, -0.1) is 0 Å². The molecule has 0 fully saturated rings. The maximum absolute atomic E-state index is 11.0. The van der Waals surface area contributed by atoms with E-state index in [1.54, 1.807) is 6.33 Å². The Hall–Kier alpha value is -3.16. The zero-order chi connectivity index (χ0) is 19.0. The van der Waals surface area contributed by atoms with Gasteiger partial charge in [0.25, 0.3) is 0 Å². The molecule has 2 N–H and O–H groups in total. The summed E-state index contributed by atoms with van der Waals surface area (Å²) in [6.07, 6.45) is 4.48. The predicted molar refractivity (Wildman–Crippen MR) is 100 cm³/mol. The number of carbonyl (C=O) groups excluding carboxylic acids is 1. The smallest absolute Gasteiger partial charge is 0.217 e. The number of ether oxygens (including phenoxy) is 1. The number of fused-ring (bicyclic) bond motifs is 3. The molecule has 0 spiro atoms. The highest BCUT2D eigenvalue weighted by atomic mass is 16.5. The van der Waals surface area contributed by atoms with Crippen molar-refractivity contribution in [2.75, 3.05) is 6.61 Å². The Bertz CT molecular complexity index is 988. The lowest BCUT2D eigenvalue weighted by molar-refractivity contribution is -0.117. The summed E-state index contributed by atoms with van der Waals surface area (Å²) < 4.78 is 9.87. The lowest BCUT2D eigenvalue weighted by atomic mass is 10.1. The predicted octanol–water partition coefficient (Wildman–Crippen LogP) is 2.20. The lowest BCUT2D eigenvalue weighted by Crippen LogP contribution is -2.11. The topological polar surface area (TPSA) is 101 Å². The summed E-state index contributed by atoms with van der Waals surface area (Å²) in [7, 11) is 0. The van der Waals surface area contributed by atoms with E-state index in [1.165, 1.54) is 0 Å². The van der Waals surface area contributed by atoms with Crippen molar-refractivity contribution in [1.29, 1.82) is 0 Å². The maximum Gasteiger partial charge on any atom is 0.217 e. The average molecular weight is 366 g/mol. The van der Waals surface area contributed by atoms with Gasteiger partial charge in [0, 0.05) is 18.7 Å². The van der Waals surface area contributed by atoms with E-state index >= 15 is 0 Å². The van der Waals surface area contributed by atoms with Crippen LogP contribution in [-0.4, -0.2) is 36.8 Å². The summed E-state index contributed by atoms with van der Waals surface area (Å²) >= 11 is 0. The van der Waals surface area contributed by atoms with Crippen LogP contribution in [0.4, 0.5) is 0 Å². The van der Waals surface area contributed by atoms with E-state index in [0.29, 0.717) is 26.0 Å². The van der Waals surface area contributed by atoms with Crippen LogP contribution in [0.1, 0.15) is 31.9 Å². The van der Waals surface area contributed by atoms with E-state index in [1.807, 2.05) is 29.1 Å². The molecular weight excluding hydrogens is 344 g/mol. The molecular formula is C19H22N6O2. The van der Waals surface area contributed by atoms with Crippen molar-refractivity contribution in [2.24, 2.45) is 5.73 Å². The van der Waals surface area contributed by atoms with E-state index in [2.05, 4.69) is 28.5 Å². The van der Waals surface area contributed by atoms with E-state index in [9.17, 15) is 4.79 Å². The number of nitrogens with zero attached hydrogens (tertiary/aromatic N) is 5. The molecule has 0 aliphatic carbocycles. The minimum Gasteiger partial charge on any atom is -0.491 e. The van der Waals surface area contributed by atoms with Gasteiger partial charge in [0.2, 0.25) is 5.91 Å². The Balaban J connectivity index is 1.72. The molecule has 27 heavy (non-hydrogen) atoms. The molecule has 8 heteroatoms. The first-order valence-corrected chi connectivity index (χ1v) is 9.04. The Morgan fingerprint density at radius 3 is 2.96 bits per heavy atom. The average Bonchev–Trinajstić information content (AvgIpc) is 3.24. The Morgan fingerprint density at radius 1 is 1.33 bits per heavy atom. The highest BCUT2D eigenvalue weighted by Crippen LogP contribution is 2.34. The van der Waals surface area contributed by atoms with Gasteiger partial charge < -0.3 is 15.0 Å². The van der Waals surface area contributed by atoms with Gasteiger partial charge in [0.1, 0.15) is 30.2 Å². The van der Waals surface area contributed by atoms with E-state index in [4.69, 9.17) is 15.5 Å². The number of amides is 1. The Kier molecular flexibility index (Phi) is 4.39. The van der Waals surface area contributed by atoms with Crippen LogP contribution in [0.5, 0.6) is 5.75 Å². The van der Waals surface area contributed by atoms with E-state index < -0.39 is 0 Å². The van der Waals surface area contributed by atoms with Crippen molar-refractivity contribution < 1.29 is 9.53 Å². The van der Waals surface area contributed by atoms with Crippen LogP contribution >= 0.6 is 0 Å². The number of rotatable bonds is 5. The first-order valence-electron chi connectivity index (χ1n) is 9.04. The largest absolute Gasteiger partial charge is 0.491 e. The van der Waals surface area contributed by atoms with Crippen LogP contribution in [-0.2, 0) is 17.8 Å². The Morgan fingerprint density at radius 2 is 2.19 bits per heavy atom. The first kappa shape index (κ1) is 17.3. The molecule has 0 atom stereocenters. The van der Waals surface area contributed by atoms with Crippen molar-refractivity contribution in [3.05, 3.63) is 36.3 Å². The minimum atomic E-state index is -0.305. The first-order chi connectivity index (χ1) is 13.0. The molecule has 0 unspecified atom stereocenters. The fourth-order valence-corrected chi connectivity index (χ4v) is 3.27. The van der Waals surface area contributed by atoms with Crippen molar-refractivity contribution in [1.82, 2.24) is 24.3 Å². The number of primary amides is 1. The van der Waals surface area contributed by atoms with Crippen LogP contribution in [0.3, 0.4) is 0 Å². The van der Waals surface area contributed by atoms with Gasteiger partial charge in [-0.05, 0) is 38.0 Å². The van der Waals surface area contributed by atoms with Crippen molar-refractivity contribution in [3.63, 3.8) is 0 Å². The van der Waals surface area contributed by atoms with Gasteiger partial charge in [-0.25, -0.2) is 14.6 Å². The second-order valence-corrected chi connectivity index (χ2v) is 6.91. The summed E-state index contributed by atoms with van der Waals surface area (Å²) in [5.41, 5.74) is 7.99. The highest BCUT2D eigenvalue weighted by Gasteiger charge is 2.21. The molecule has 0 saturated carbocycles. The third kappa shape index (κ3) is 3.30. The molecule has 1 aromatic carbocycles. The van der Waals surface area contributed by atoms with Crippen LogP contribution in [0, 0.1) is 0 Å². The van der Waals surface area contributed by atoms with Crippen molar-refractivity contribution in [2.45, 2.75) is 39.3 Å². The molecule has 3 heterocycles. The number of hydrogen-bond donors (Lipinski definition) is 1. The van der Waals surface area contributed by atoms with Crippen molar-refractivity contribution >= 4 is 5.91 Å². The Labute approximate surface area is 157 Å². The number of carbonyl (C=O) groups is 1. The van der Waals surface area contributed by atoms with E-state index in [0.717, 1.165) is 34.2 Å². The molecule has 1 amide bonds. The summed E-state index contributed by atoms with van der Waals surface area (Å²) in [5.74, 6) is 2.07.